The highest BCUT2D eigenvalue weighted by atomic mass is 35.5. The van der Waals surface area contributed by atoms with Crippen molar-refractivity contribution in [1.29, 1.82) is 0 Å². The van der Waals surface area contributed by atoms with Crippen molar-refractivity contribution >= 4 is 12.4 Å². The van der Waals surface area contributed by atoms with Gasteiger partial charge in [-0.1, -0.05) is 12.1 Å². The maximum atomic E-state index is 5.71. The van der Waals surface area contributed by atoms with E-state index in [4.69, 9.17) is 10.3 Å². The molecule has 0 aliphatic heterocycles. The van der Waals surface area contributed by atoms with Gasteiger partial charge in [0.15, 0.2) is 0 Å². The summed E-state index contributed by atoms with van der Waals surface area (Å²) in [5, 5.41) is 3.96. The first kappa shape index (κ1) is 14.0. The monoisotopic (exact) mass is 280 g/mol. The van der Waals surface area contributed by atoms with Crippen LogP contribution in [0.4, 0.5) is 0 Å². The van der Waals surface area contributed by atoms with E-state index < -0.39 is 0 Å². The molecule has 0 aromatic carbocycles. The van der Waals surface area contributed by atoms with E-state index in [0.29, 0.717) is 11.7 Å². The van der Waals surface area contributed by atoms with Crippen LogP contribution in [0, 0.1) is 0 Å². The topological polar surface area (TPSA) is 77.8 Å². The lowest BCUT2D eigenvalue weighted by atomic mass is 10.0. The van der Waals surface area contributed by atoms with E-state index in [1.54, 1.807) is 6.20 Å². The zero-order valence-corrected chi connectivity index (χ0v) is 11.8. The molecule has 2 heterocycles. The predicted molar refractivity (Wildman–Crippen MR) is 74.0 cm³/mol. The van der Waals surface area contributed by atoms with E-state index in [9.17, 15) is 0 Å². The van der Waals surface area contributed by atoms with Gasteiger partial charge in [-0.2, -0.15) is 4.98 Å². The summed E-state index contributed by atoms with van der Waals surface area (Å²) >= 11 is 0. The summed E-state index contributed by atoms with van der Waals surface area (Å²) in [6, 6.07) is 3.70. The SMILES string of the molecule is C[C@H](N)c1nc(-c2ccnc(C3(C)CC3)c2)no1.Cl. The van der Waals surface area contributed by atoms with E-state index in [0.717, 1.165) is 11.3 Å². The summed E-state index contributed by atoms with van der Waals surface area (Å²) in [6.45, 7) is 4.04. The second-order valence-electron chi connectivity index (χ2n) is 5.24. The van der Waals surface area contributed by atoms with Crippen LogP contribution in [0.15, 0.2) is 22.9 Å². The van der Waals surface area contributed by atoms with Gasteiger partial charge in [-0.3, -0.25) is 4.98 Å². The Morgan fingerprint density at radius 3 is 2.74 bits per heavy atom. The number of pyridine rings is 1. The molecule has 1 aliphatic carbocycles. The lowest BCUT2D eigenvalue weighted by molar-refractivity contribution is 0.362. The molecule has 1 atom stereocenters. The number of aromatic nitrogens is 3. The highest BCUT2D eigenvalue weighted by Gasteiger charge is 2.40. The maximum absolute atomic E-state index is 5.71. The van der Waals surface area contributed by atoms with E-state index in [2.05, 4.69) is 22.0 Å². The van der Waals surface area contributed by atoms with Gasteiger partial charge in [0.25, 0.3) is 0 Å². The average Bonchev–Trinajstić information content (AvgIpc) is 2.95. The summed E-state index contributed by atoms with van der Waals surface area (Å²) in [6.07, 6.45) is 4.19. The molecule has 3 rings (SSSR count). The second kappa shape index (κ2) is 4.90. The molecule has 1 aliphatic rings. The smallest absolute Gasteiger partial charge is 0.243 e. The average molecular weight is 281 g/mol. The van der Waals surface area contributed by atoms with Crippen LogP contribution in [-0.4, -0.2) is 15.1 Å². The number of halogens is 1. The Morgan fingerprint density at radius 2 is 2.16 bits per heavy atom. The van der Waals surface area contributed by atoms with Crippen molar-refractivity contribution in [3.63, 3.8) is 0 Å². The Kier molecular flexibility index (Phi) is 3.60. The van der Waals surface area contributed by atoms with E-state index in [1.807, 2.05) is 19.1 Å². The fourth-order valence-electron chi connectivity index (χ4n) is 1.88. The third-order valence-corrected chi connectivity index (χ3v) is 3.47. The zero-order chi connectivity index (χ0) is 12.8. The fraction of sp³-hybridized carbons (Fsp3) is 0.462. The molecule has 5 nitrogen and oxygen atoms in total. The Labute approximate surface area is 118 Å². The Hall–Kier alpha value is -1.46. The first-order chi connectivity index (χ1) is 8.58. The molecule has 0 bridgehead atoms. The van der Waals surface area contributed by atoms with Gasteiger partial charge in [-0.25, -0.2) is 0 Å². The number of hydrogen-bond donors (Lipinski definition) is 1. The third-order valence-electron chi connectivity index (χ3n) is 3.47. The number of nitrogens with zero attached hydrogens (tertiary/aromatic N) is 3. The van der Waals surface area contributed by atoms with Gasteiger partial charge >= 0.3 is 0 Å². The summed E-state index contributed by atoms with van der Waals surface area (Å²) in [7, 11) is 0. The lowest BCUT2D eigenvalue weighted by Gasteiger charge is -2.07. The molecule has 0 radical (unpaired) electrons. The van der Waals surface area contributed by atoms with Crippen molar-refractivity contribution in [2.24, 2.45) is 5.73 Å². The fourth-order valence-corrected chi connectivity index (χ4v) is 1.88. The van der Waals surface area contributed by atoms with Crippen molar-refractivity contribution in [2.75, 3.05) is 0 Å². The Bertz CT molecular complexity index is 578. The molecular weight excluding hydrogens is 264 g/mol. The Morgan fingerprint density at radius 1 is 1.42 bits per heavy atom. The predicted octanol–water partition coefficient (Wildman–Crippen LogP) is 2.62. The highest BCUT2D eigenvalue weighted by Crippen LogP contribution is 2.47. The van der Waals surface area contributed by atoms with Crippen LogP contribution in [0.3, 0.4) is 0 Å². The Balaban J connectivity index is 0.00000133. The van der Waals surface area contributed by atoms with Gasteiger partial charge in [0.1, 0.15) is 0 Å². The number of hydrogen-bond acceptors (Lipinski definition) is 5. The van der Waals surface area contributed by atoms with E-state index >= 15 is 0 Å². The van der Waals surface area contributed by atoms with Crippen LogP contribution >= 0.6 is 12.4 Å². The van der Waals surface area contributed by atoms with Crippen LogP contribution in [0.1, 0.15) is 44.3 Å². The first-order valence-electron chi connectivity index (χ1n) is 6.15. The minimum absolute atomic E-state index is 0. The van der Waals surface area contributed by atoms with Gasteiger partial charge in [0.05, 0.1) is 6.04 Å². The molecule has 2 aromatic heterocycles. The van der Waals surface area contributed by atoms with Crippen LogP contribution in [0.2, 0.25) is 0 Å². The molecule has 0 unspecified atom stereocenters. The largest absolute Gasteiger partial charge is 0.337 e. The third kappa shape index (κ3) is 2.62. The molecule has 6 heteroatoms. The molecule has 0 spiro atoms. The quantitative estimate of drug-likeness (QED) is 0.935. The van der Waals surface area contributed by atoms with Crippen LogP contribution < -0.4 is 5.73 Å². The molecular formula is C13H17ClN4O. The van der Waals surface area contributed by atoms with Gasteiger partial charge in [0, 0.05) is 22.9 Å². The van der Waals surface area contributed by atoms with E-state index in [1.165, 1.54) is 12.8 Å². The maximum Gasteiger partial charge on any atom is 0.243 e. The molecule has 1 fully saturated rings. The standard InChI is InChI=1S/C13H16N4O.ClH/c1-8(14)12-16-11(17-18-12)9-3-6-15-10(7-9)13(2)4-5-13;/h3,6-8H,4-5,14H2,1-2H3;1H/t8-;/m0./s1. The zero-order valence-electron chi connectivity index (χ0n) is 11.0. The summed E-state index contributed by atoms with van der Waals surface area (Å²) in [4.78, 5) is 8.72. The van der Waals surface area contributed by atoms with Crippen molar-refractivity contribution in [3.05, 3.63) is 29.9 Å². The molecule has 0 amide bonds. The molecule has 0 saturated heterocycles. The summed E-state index contributed by atoms with van der Waals surface area (Å²) in [5.41, 5.74) is 7.98. The van der Waals surface area contributed by atoms with Crippen molar-refractivity contribution < 1.29 is 4.52 Å². The van der Waals surface area contributed by atoms with Gasteiger partial charge in [-0.15, -0.1) is 12.4 Å². The highest BCUT2D eigenvalue weighted by molar-refractivity contribution is 5.85. The molecule has 1 saturated carbocycles. The molecule has 19 heavy (non-hydrogen) atoms. The van der Waals surface area contributed by atoms with Crippen molar-refractivity contribution in [3.8, 4) is 11.4 Å². The van der Waals surface area contributed by atoms with Gasteiger partial charge < -0.3 is 10.3 Å². The molecule has 2 N–H and O–H groups in total. The number of nitrogens with two attached hydrogens (primary N) is 1. The molecule has 102 valence electrons. The minimum Gasteiger partial charge on any atom is -0.337 e. The van der Waals surface area contributed by atoms with Crippen LogP contribution in [-0.2, 0) is 5.41 Å². The molecule has 2 aromatic rings. The first-order valence-corrected chi connectivity index (χ1v) is 6.15. The van der Waals surface area contributed by atoms with Gasteiger partial charge in [0.2, 0.25) is 11.7 Å². The summed E-state index contributed by atoms with van der Waals surface area (Å²) in [5.74, 6) is 1.04. The minimum atomic E-state index is -0.242. The lowest BCUT2D eigenvalue weighted by Crippen LogP contribution is -2.05. The summed E-state index contributed by atoms with van der Waals surface area (Å²) < 4.78 is 5.12. The van der Waals surface area contributed by atoms with E-state index in [-0.39, 0.29) is 23.9 Å². The van der Waals surface area contributed by atoms with Crippen LogP contribution in [0.25, 0.3) is 11.4 Å². The number of rotatable bonds is 3. The van der Waals surface area contributed by atoms with Crippen LogP contribution in [0.5, 0.6) is 0 Å². The van der Waals surface area contributed by atoms with Crippen molar-refractivity contribution in [1.82, 2.24) is 15.1 Å². The second-order valence-corrected chi connectivity index (χ2v) is 5.24. The van der Waals surface area contributed by atoms with Gasteiger partial charge in [-0.05, 0) is 31.9 Å². The normalized spacial score (nSPS) is 17.6. The van der Waals surface area contributed by atoms with Crippen molar-refractivity contribution in [2.45, 2.75) is 38.1 Å².